The van der Waals surface area contributed by atoms with Crippen LogP contribution in [0.4, 0.5) is 0 Å². The number of hydrogen-bond donors (Lipinski definition) is 0. The predicted molar refractivity (Wildman–Crippen MR) is 114 cm³/mol. The number of aromatic nitrogens is 3. The highest BCUT2D eigenvalue weighted by atomic mass is 32.2. The standard InChI is InChI=1S/C21H27N5O4S/c1-15(2)19-18(13-23-20(24-19)16-4-3-6-22-12-16)31(28,29)26-9-7-25(8-10-26)21(27)17-5-11-30-14-17/h3-4,6,12-13,15,17H,5,7-11,14H2,1-2H3/t17-/m0/s1. The molecule has 0 unspecified atom stereocenters. The summed E-state index contributed by atoms with van der Waals surface area (Å²) in [6, 6.07) is 3.63. The summed E-state index contributed by atoms with van der Waals surface area (Å²) in [6.45, 7) is 6.14. The topological polar surface area (TPSA) is 106 Å². The molecule has 0 spiro atoms. The van der Waals surface area contributed by atoms with Crippen LogP contribution in [-0.2, 0) is 19.6 Å². The van der Waals surface area contributed by atoms with E-state index in [0.717, 1.165) is 12.0 Å². The Hall–Kier alpha value is -2.43. The molecule has 4 heterocycles. The lowest BCUT2D eigenvalue weighted by Gasteiger charge is -2.35. The van der Waals surface area contributed by atoms with E-state index in [1.165, 1.54) is 10.5 Å². The van der Waals surface area contributed by atoms with Crippen LogP contribution in [0.5, 0.6) is 0 Å². The van der Waals surface area contributed by atoms with Crippen LogP contribution in [0.2, 0.25) is 0 Å². The Morgan fingerprint density at radius 2 is 1.97 bits per heavy atom. The van der Waals surface area contributed by atoms with Gasteiger partial charge < -0.3 is 9.64 Å². The van der Waals surface area contributed by atoms with Gasteiger partial charge in [-0.1, -0.05) is 13.8 Å². The van der Waals surface area contributed by atoms with Gasteiger partial charge >= 0.3 is 0 Å². The molecule has 0 radical (unpaired) electrons. The number of pyridine rings is 1. The monoisotopic (exact) mass is 445 g/mol. The highest BCUT2D eigenvalue weighted by molar-refractivity contribution is 7.89. The van der Waals surface area contributed by atoms with Gasteiger partial charge in [0, 0.05) is 50.7 Å². The summed E-state index contributed by atoms with van der Waals surface area (Å²) in [5.41, 5.74) is 1.21. The van der Waals surface area contributed by atoms with Crippen LogP contribution in [0.3, 0.4) is 0 Å². The molecular formula is C21H27N5O4S. The average Bonchev–Trinajstić information content (AvgIpc) is 3.34. The third-order valence-electron chi connectivity index (χ3n) is 5.70. The van der Waals surface area contributed by atoms with Crippen LogP contribution in [0.25, 0.3) is 11.4 Å². The van der Waals surface area contributed by atoms with Gasteiger partial charge in [0.1, 0.15) is 4.90 Å². The number of rotatable bonds is 5. The first-order valence-electron chi connectivity index (χ1n) is 10.5. The zero-order valence-corrected chi connectivity index (χ0v) is 18.6. The third-order valence-corrected chi connectivity index (χ3v) is 7.61. The third kappa shape index (κ3) is 4.46. The van der Waals surface area contributed by atoms with Crippen molar-refractivity contribution in [2.45, 2.75) is 31.1 Å². The molecule has 4 rings (SSSR count). The van der Waals surface area contributed by atoms with Crippen LogP contribution >= 0.6 is 0 Å². The van der Waals surface area contributed by atoms with Crippen LogP contribution in [0, 0.1) is 5.92 Å². The average molecular weight is 446 g/mol. The molecule has 2 aromatic heterocycles. The van der Waals surface area contributed by atoms with E-state index in [1.54, 1.807) is 23.4 Å². The van der Waals surface area contributed by atoms with Crippen molar-refractivity contribution < 1.29 is 17.9 Å². The summed E-state index contributed by atoms with van der Waals surface area (Å²) in [7, 11) is -3.77. The lowest BCUT2D eigenvalue weighted by Crippen LogP contribution is -2.52. The second-order valence-electron chi connectivity index (χ2n) is 8.13. The first-order valence-corrected chi connectivity index (χ1v) is 12.0. The molecule has 2 fully saturated rings. The number of piperazine rings is 1. The summed E-state index contributed by atoms with van der Waals surface area (Å²) in [5, 5.41) is 0. The predicted octanol–water partition coefficient (Wildman–Crippen LogP) is 1.53. The molecule has 0 bridgehead atoms. The van der Waals surface area contributed by atoms with Crippen LogP contribution in [0.1, 0.15) is 31.9 Å². The van der Waals surface area contributed by atoms with Gasteiger partial charge in [-0.2, -0.15) is 4.31 Å². The number of nitrogens with zero attached hydrogens (tertiary/aromatic N) is 5. The summed E-state index contributed by atoms with van der Waals surface area (Å²) < 4.78 is 33.5. The quantitative estimate of drug-likeness (QED) is 0.687. The Balaban J connectivity index is 1.54. The smallest absolute Gasteiger partial charge is 0.246 e. The fourth-order valence-corrected chi connectivity index (χ4v) is 5.56. The minimum absolute atomic E-state index is 0.0570. The number of carbonyl (C=O) groups excluding carboxylic acids is 1. The Morgan fingerprint density at radius 1 is 1.19 bits per heavy atom. The van der Waals surface area contributed by atoms with Gasteiger partial charge in [0.2, 0.25) is 15.9 Å². The van der Waals surface area contributed by atoms with E-state index >= 15 is 0 Å². The molecule has 1 atom stereocenters. The van der Waals surface area contributed by atoms with E-state index in [0.29, 0.717) is 37.8 Å². The van der Waals surface area contributed by atoms with E-state index in [1.807, 2.05) is 19.9 Å². The lowest BCUT2D eigenvalue weighted by atomic mass is 10.1. The summed E-state index contributed by atoms with van der Waals surface area (Å²) >= 11 is 0. The molecule has 31 heavy (non-hydrogen) atoms. The van der Waals surface area contributed by atoms with Crippen molar-refractivity contribution >= 4 is 15.9 Å². The van der Waals surface area contributed by atoms with Gasteiger partial charge in [-0.25, -0.2) is 18.4 Å². The molecule has 0 N–H and O–H groups in total. The largest absolute Gasteiger partial charge is 0.381 e. The Kier molecular flexibility index (Phi) is 6.31. The van der Waals surface area contributed by atoms with Crippen molar-refractivity contribution in [2.24, 2.45) is 5.92 Å². The maximum absolute atomic E-state index is 13.4. The van der Waals surface area contributed by atoms with Gasteiger partial charge in [-0.05, 0) is 24.5 Å². The van der Waals surface area contributed by atoms with E-state index in [9.17, 15) is 13.2 Å². The van der Waals surface area contributed by atoms with Crippen molar-refractivity contribution in [2.75, 3.05) is 39.4 Å². The zero-order valence-electron chi connectivity index (χ0n) is 17.8. The number of ether oxygens (including phenoxy) is 1. The number of sulfonamides is 1. The minimum Gasteiger partial charge on any atom is -0.381 e. The van der Waals surface area contributed by atoms with Crippen molar-refractivity contribution in [3.63, 3.8) is 0 Å². The number of hydrogen-bond acceptors (Lipinski definition) is 7. The fraction of sp³-hybridized carbons (Fsp3) is 0.524. The molecule has 0 saturated carbocycles. The van der Waals surface area contributed by atoms with Gasteiger partial charge in [0.05, 0.1) is 24.4 Å². The Morgan fingerprint density at radius 3 is 2.58 bits per heavy atom. The molecule has 9 nitrogen and oxygen atoms in total. The van der Waals surface area contributed by atoms with Crippen molar-refractivity contribution in [3.05, 3.63) is 36.4 Å². The fourth-order valence-electron chi connectivity index (χ4n) is 3.91. The molecular weight excluding hydrogens is 418 g/mol. The summed E-state index contributed by atoms with van der Waals surface area (Å²) in [5.74, 6) is 0.295. The van der Waals surface area contributed by atoms with Gasteiger partial charge in [0.15, 0.2) is 5.82 Å². The van der Waals surface area contributed by atoms with Crippen LogP contribution in [-0.4, -0.2) is 77.9 Å². The summed E-state index contributed by atoms with van der Waals surface area (Å²) in [4.78, 5) is 27.4. The van der Waals surface area contributed by atoms with Gasteiger partial charge in [0.25, 0.3) is 0 Å². The van der Waals surface area contributed by atoms with Crippen LogP contribution < -0.4 is 0 Å². The van der Waals surface area contributed by atoms with Crippen molar-refractivity contribution in [3.8, 4) is 11.4 Å². The maximum Gasteiger partial charge on any atom is 0.246 e. The second kappa shape index (κ2) is 8.97. The highest BCUT2D eigenvalue weighted by Gasteiger charge is 2.35. The zero-order chi connectivity index (χ0) is 22.0. The molecule has 2 saturated heterocycles. The van der Waals surface area contributed by atoms with Gasteiger partial charge in [-0.15, -0.1) is 0 Å². The first kappa shape index (κ1) is 21.8. The SMILES string of the molecule is CC(C)c1nc(-c2cccnc2)ncc1S(=O)(=O)N1CCN(C(=O)[C@H]2CCOC2)CC1. The molecule has 166 valence electrons. The molecule has 1 amide bonds. The maximum atomic E-state index is 13.4. The van der Waals surface area contributed by atoms with Gasteiger partial charge in [-0.3, -0.25) is 9.78 Å². The normalized spacial score (nSPS) is 20.4. The number of amides is 1. The van der Waals surface area contributed by atoms with E-state index in [4.69, 9.17) is 4.74 Å². The summed E-state index contributed by atoms with van der Waals surface area (Å²) in [6.07, 6.45) is 5.44. The minimum atomic E-state index is -3.77. The molecule has 2 aliphatic rings. The van der Waals surface area contributed by atoms with Crippen molar-refractivity contribution in [1.82, 2.24) is 24.2 Å². The number of carbonyl (C=O) groups is 1. The second-order valence-corrected chi connectivity index (χ2v) is 10.0. The van der Waals surface area contributed by atoms with Crippen LogP contribution in [0.15, 0.2) is 35.6 Å². The van der Waals surface area contributed by atoms with E-state index in [2.05, 4.69) is 15.0 Å². The highest BCUT2D eigenvalue weighted by Crippen LogP contribution is 2.27. The molecule has 2 aliphatic heterocycles. The Labute approximate surface area is 182 Å². The lowest BCUT2D eigenvalue weighted by molar-refractivity contribution is -0.136. The molecule has 0 aromatic carbocycles. The molecule has 10 heteroatoms. The Bertz CT molecular complexity index is 1030. The van der Waals surface area contributed by atoms with E-state index in [-0.39, 0.29) is 35.7 Å². The first-order chi connectivity index (χ1) is 14.9. The molecule has 2 aromatic rings. The van der Waals surface area contributed by atoms with E-state index < -0.39 is 10.0 Å². The molecule has 0 aliphatic carbocycles. The van der Waals surface area contributed by atoms with Crippen molar-refractivity contribution in [1.29, 1.82) is 0 Å².